The van der Waals surface area contributed by atoms with Crippen molar-refractivity contribution in [2.75, 3.05) is 0 Å². The first-order chi connectivity index (χ1) is 8.07. The molecular weight excluding hydrogens is 523 g/mol. The average molecular weight is 531 g/mol. The molecule has 0 saturated heterocycles. The van der Waals surface area contributed by atoms with Gasteiger partial charge in [-0.05, 0) is 37.1 Å². The van der Waals surface area contributed by atoms with Crippen molar-refractivity contribution in [3.8, 4) is 0 Å². The van der Waals surface area contributed by atoms with Crippen LogP contribution in [0.4, 0.5) is 0 Å². The van der Waals surface area contributed by atoms with Crippen molar-refractivity contribution in [1.29, 1.82) is 0 Å². The maximum absolute atomic E-state index is 9.76. The summed E-state index contributed by atoms with van der Waals surface area (Å²) in [6.45, 7) is 2.23. The van der Waals surface area contributed by atoms with Gasteiger partial charge in [0.15, 0.2) is 0 Å². The van der Waals surface area contributed by atoms with Gasteiger partial charge in [-0.1, -0.05) is 0 Å². The molecule has 0 aliphatic carbocycles. The summed E-state index contributed by atoms with van der Waals surface area (Å²) in [6, 6.07) is 0. The molecule has 8 nitrogen and oxygen atoms in total. The molecule has 0 saturated carbocycles. The molecule has 10 heteroatoms. The van der Waals surface area contributed by atoms with Gasteiger partial charge in [-0.25, -0.2) is 0 Å². The molecule has 0 bridgehead atoms. The van der Waals surface area contributed by atoms with E-state index < -0.39 is 23.9 Å². The first-order valence-electron chi connectivity index (χ1n) is 4.29. The van der Waals surface area contributed by atoms with E-state index in [1.54, 1.807) is 0 Å². The largest absolute Gasteiger partial charge is 2.00 e. The van der Waals surface area contributed by atoms with E-state index in [0.29, 0.717) is 12.2 Å². The molecule has 0 aromatic heterocycles. The van der Waals surface area contributed by atoms with Crippen LogP contribution in [0.2, 0.25) is 0 Å². The van der Waals surface area contributed by atoms with Crippen LogP contribution < -0.4 is 20.4 Å². The molecule has 0 aromatic carbocycles. The van der Waals surface area contributed by atoms with Crippen LogP contribution in [0.3, 0.4) is 0 Å². The van der Waals surface area contributed by atoms with Gasteiger partial charge >= 0.3 is 97.8 Å². The van der Waals surface area contributed by atoms with Crippen molar-refractivity contribution in [3.63, 3.8) is 0 Å². The van der Waals surface area contributed by atoms with Crippen molar-refractivity contribution >= 4 is 122 Å². The molecule has 0 aliphatic heterocycles. The van der Waals surface area contributed by atoms with Crippen LogP contribution in [0.25, 0.3) is 0 Å². The first-order valence-corrected chi connectivity index (χ1v) is 4.29. The summed E-state index contributed by atoms with van der Waals surface area (Å²) in [5.74, 6) is -6.06. The number of carbonyl (C=O) groups excluding carboxylic acids is 4. The molecule has 0 radical (unpaired) electrons. The summed E-state index contributed by atoms with van der Waals surface area (Å²) in [5.41, 5.74) is -0.704. The SMILES string of the molecule is C/C(=C/C(=O)[O-])C(=O)[O-].C/C(=C\C(=O)[O-])C(=O)[O-].[Ba+2].[Ba+2]. The van der Waals surface area contributed by atoms with Gasteiger partial charge in [-0.15, -0.1) is 0 Å². The Bertz CT molecular complexity index is 385. The number of aliphatic carboxylic acids is 4. The molecule has 0 aromatic rings. The third-order valence-electron chi connectivity index (χ3n) is 1.31. The zero-order chi connectivity index (χ0) is 14.9. The topological polar surface area (TPSA) is 161 Å². The molecule has 0 aliphatic rings. The minimum Gasteiger partial charge on any atom is -0.545 e. The molecule has 20 heavy (non-hydrogen) atoms. The Balaban J connectivity index is -0.000000116. The summed E-state index contributed by atoms with van der Waals surface area (Å²) < 4.78 is 0. The van der Waals surface area contributed by atoms with E-state index in [1.165, 1.54) is 0 Å². The monoisotopic (exact) mass is 532 g/mol. The third-order valence-corrected chi connectivity index (χ3v) is 1.31. The number of hydrogen-bond acceptors (Lipinski definition) is 8. The van der Waals surface area contributed by atoms with E-state index in [0.717, 1.165) is 13.8 Å². The average Bonchev–Trinajstić information content (AvgIpc) is 2.16. The molecule has 0 N–H and O–H groups in total. The van der Waals surface area contributed by atoms with Gasteiger partial charge in [-0.3, -0.25) is 0 Å². The summed E-state index contributed by atoms with van der Waals surface area (Å²) in [4.78, 5) is 38.8. The molecule has 0 fully saturated rings. The Morgan fingerprint density at radius 2 is 0.850 bits per heavy atom. The molecule has 0 heterocycles. The zero-order valence-corrected chi connectivity index (χ0v) is 19.7. The van der Waals surface area contributed by atoms with Crippen molar-refractivity contribution in [1.82, 2.24) is 0 Å². The number of carboxylic acids is 4. The van der Waals surface area contributed by atoms with Gasteiger partial charge in [0.25, 0.3) is 0 Å². The number of carbonyl (C=O) groups is 4. The van der Waals surface area contributed by atoms with E-state index in [1.807, 2.05) is 0 Å². The van der Waals surface area contributed by atoms with Crippen molar-refractivity contribution in [2.45, 2.75) is 13.8 Å². The van der Waals surface area contributed by atoms with Crippen LogP contribution in [0.15, 0.2) is 23.3 Å². The predicted molar refractivity (Wildman–Crippen MR) is 59.1 cm³/mol. The Kier molecular flexibility index (Phi) is 22.7. The van der Waals surface area contributed by atoms with E-state index in [9.17, 15) is 39.6 Å². The van der Waals surface area contributed by atoms with Crippen molar-refractivity contribution in [2.24, 2.45) is 0 Å². The fourth-order valence-corrected chi connectivity index (χ4v) is 0.471. The molecule has 0 atom stereocenters. The van der Waals surface area contributed by atoms with E-state index in [2.05, 4.69) is 0 Å². The van der Waals surface area contributed by atoms with Crippen LogP contribution in [-0.2, 0) is 19.2 Å². The van der Waals surface area contributed by atoms with Gasteiger partial charge in [0.2, 0.25) is 0 Å². The van der Waals surface area contributed by atoms with Crippen molar-refractivity contribution < 1.29 is 39.6 Å². The van der Waals surface area contributed by atoms with Gasteiger partial charge in [0.1, 0.15) is 0 Å². The Labute approximate surface area is 195 Å². The number of hydrogen-bond donors (Lipinski definition) is 0. The second-order valence-corrected chi connectivity index (χ2v) is 2.87. The predicted octanol–water partition coefficient (Wildman–Crippen LogP) is -5.90. The Morgan fingerprint density at radius 1 is 0.650 bits per heavy atom. The van der Waals surface area contributed by atoms with E-state index >= 15 is 0 Å². The van der Waals surface area contributed by atoms with Crippen LogP contribution in [0, 0.1) is 0 Å². The minimum atomic E-state index is -1.53. The van der Waals surface area contributed by atoms with E-state index in [4.69, 9.17) is 0 Å². The second-order valence-electron chi connectivity index (χ2n) is 2.87. The first kappa shape index (κ1) is 28.6. The summed E-state index contributed by atoms with van der Waals surface area (Å²) in [6.07, 6.45) is 0.935. The molecule has 0 rings (SSSR count). The van der Waals surface area contributed by atoms with Crippen LogP contribution in [0.1, 0.15) is 13.8 Å². The number of carboxylic acid groups (broad SMARTS) is 4. The van der Waals surface area contributed by atoms with Crippen LogP contribution in [0.5, 0.6) is 0 Å². The quantitative estimate of drug-likeness (QED) is 0.256. The van der Waals surface area contributed by atoms with Crippen molar-refractivity contribution in [3.05, 3.63) is 23.3 Å². The van der Waals surface area contributed by atoms with Gasteiger partial charge < -0.3 is 39.6 Å². The smallest absolute Gasteiger partial charge is 0.545 e. The third kappa shape index (κ3) is 20.8. The maximum Gasteiger partial charge on any atom is 2.00 e. The summed E-state index contributed by atoms with van der Waals surface area (Å²) in [5, 5.41) is 38.8. The molecule has 0 amide bonds. The standard InChI is InChI=1S/2C5H6O4.2Ba/c2*1-3(5(8)9)2-4(6)7;;/h2*2H,1H3,(H,6,7)(H,8,9);;/q;;2*+2/p-4/b3-2+;3-2-;;. The van der Waals surface area contributed by atoms with Gasteiger partial charge in [0.05, 0.1) is 23.9 Å². The fourth-order valence-electron chi connectivity index (χ4n) is 0.471. The maximum atomic E-state index is 9.76. The normalized spacial score (nSPS) is 9.90. The summed E-state index contributed by atoms with van der Waals surface area (Å²) >= 11 is 0. The summed E-state index contributed by atoms with van der Waals surface area (Å²) in [7, 11) is 0. The zero-order valence-electron chi connectivity index (χ0n) is 10.8. The molecule has 0 spiro atoms. The minimum absolute atomic E-state index is 0. The van der Waals surface area contributed by atoms with Gasteiger partial charge in [-0.2, -0.15) is 0 Å². The Hall–Kier alpha value is 0.503. The molecule has 0 unspecified atom stereocenters. The van der Waals surface area contributed by atoms with Gasteiger partial charge in [0, 0.05) is 0 Å². The molecular formula is C10H8Ba2O8. The van der Waals surface area contributed by atoms with Crippen LogP contribution in [-0.4, -0.2) is 122 Å². The van der Waals surface area contributed by atoms with Crippen LogP contribution >= 0.6 is 0 Å². The molecule has 100 valence electrons. The Morgan fingerprint density at radius 3 is 0.900 bits per heavy atom. The number of rotatable bonds is 4. The second kappa shape index (κ2) is 15.9. The van der Waals surface area contributed by atoms with E-state index in [-0.39, 0.29) is 109 Å². The fraction of sp³-hybridized carbons (Fsp3) is 0.200.